The van der Waals surface area contributed by atoms with Crippen molar-refractivity contribution in [1.82, 2.24) is 4.90 Å². The molecule has 9 heteroatoms. The Morgan fingerprint density at radius 2 is 2.07 bits per heavy atom. The molecular formula is C19H26BNO7. The third-order valence-corrected chi connectivity index (χ3v) is 5.25. The van der Waals surface area contributed by atoms with E-state index in [-0.39, 0.29) is 25.2 Å². The predicted molar refractivity (Wildman–Crippen MR) is 101 cm³/mol. The number of carboxylic acids is 1. The van der Waals surface area contributed by atoms with Gasteiger partial charge in [-0.1, -0.05) is 19.9 Å². The van der Waals surface area contributed by atoms with Crippen molar-refractivity contribution in [3.8, 4) is 0 Å². The number of nitrogens with zero attached hydrogens (tertiary/aromatic N) is 1. The normalized spacial score (nSPS) is 20.2. The SMILES string of the molecule is Cc1c(C(=O)N(CC2COCCO2)[C@H](C(=O)O)C(C)C)ccc2c1B(O)OC2. The van der Waals surface area contributed by atoms with Crippen LogP contribution in [0.15, 0.2) is 12.1 Å². The number of fused-ring (bicyclic) bond motifs is 1. The van der Waals surface area contributed by atoms with Crippen LogP contribution in [0.3, 0.4) is 0 Å². The molecule has 8 nitrogen and oxygen atoms in total. The van der Waals surface area contributed by atoms with Crippen LogP contribution in [0.25, 0.3) is 0 Å². The first-order chi connectivity index (χ1) is 13.3. The summed E-state index contributed by atoms with van der Waals surface area (Å²) in [6, 6.07) is 2.41. The first kappa shape index (κ1) is 20.8. The van der Waals surface area contributed by atoms with E-state index >= 15 is 0 Å². The molecule has 0 bridgehead atoms. The molecule has 152 valence electrons. The molecule has 2 aliphatic heterocycles. The van der Waals surface area contributed by atoms with Crippen LogP contribution in [0.1, 0.15) is 35.3 Å². The van der Waals surface area contributed by atoms with E-state index in [4.69, 9.17) is 14.1 Å². The first-order valence-corrected chi connectivity index (χ1v) is 9.46. The standard InChI is InChI=1S/C19H26BNO7/c1-11(2)17(19(23)24)21(8-14-10-26-6-7-27-14)18(22)15-5-4-13-9-28-20(25)16(13)12(15)3/h4-5,11,14,17,25H,6-10H2,1-3H3,(H,23,24)/t14?,17-/m0/s1. The minimum absolute atomic E-state index is 0.115. The number of aliphatic carboxylic acids is 1. The lowest BCUT2D eigenvalue weighted by Crippen LogP contribution is -2.53. The lowest BCUT2D eigenvalue weighted by Gasteiger charge is -2.35. The van der Waals surface area contributed by atoms with Crippen molar-refractivity contribution in [1.29, 1.82) is 0 Å². The van der Waals surface area contributed by atoms with Crippen molar-refractivity contribution in [2.75, 3.05) is 26.4 Å². The zero-order valence-electron chi connectivity index (χ0n) is 16.4. The summed E-state index contributed by atoms with van der Waals surface area (Å²) in [5.74, 6) is -1.77. The van der Waals surface area contributed by atoms with Crippen molar-refractivity contribution in [2.45, 2.75) is 39.5 Å². The molecule has 1 saturated heterocycles. The van der Waals surface area contributed by atoms with Gasteiger partial charge in [0.15, 0.2) is 0 Å². The second kappa shape index (κ2) is 8.61. The molecule has 0 radical (unpaired) electrons. The summed E-state index contributed by atoms with van der Waals surface area (Å²) in [6.45, 7) is 6.88. The number of hydrogen-bond donors (Lipinski definition) is 2. The van der Waals surface area contributed by atoms with Gasteiger partial charge in [0.25, 0.3) is 5.91 Å². The molecule has 2 atom stereocenters. The van der Waals surface area contributed by atoms with E-state index in [9.17, 15) is 19.7 Å². The maximum atomic E-state index is 13.4. The Balaban J connectivity index is 1.96. The Morgan fingerprint density at radius 3 is 2.68 bits per heavy atom. The van der Waals surface area contributed by atoms with E-state index < -0.39 is 25.0 Å². The molecule has 0 aliphatic carbocycles. The molecule has 2 heterocycles. The first-order valence-electron chi connectivity index (χ1n) is 9.46. The van der Waals surface area contributed by atoms with Crippen LogP contribution in [0.5, 0.6) is 0 Å². The van der Waals surface area contributed by atoms with E-state index in [1.165, 1.54) is 4.90 Å². The van der Waals surface area contributed by atoms with E-state index in [0.717, 1.165) is 5.56 Å². The smallest absolute Gasteiger partial charge is 0.480 e. The average molecular weight is 391 g/mol. The molecule has 1 unspecified atom stereocenters. The average Bonchev–Trinajstić information content (AvgIpc) is 3.03. The van der Waals surface area contributed by atoms with Gasteiger partial charge in [-0.3, -0.25) is 4.79 Å². The molecule has 1 fully saturated rings. The van der Waals surface area contributed by atoms with Gasteiger partial charge in [0, 0.05) is 5.56 Å². The van der Waals surface area contributed by atoms with Crippen molar-refractivity contribution < 1.29 is 33.8 Å². The van der Waals surface area contributed by atoms with Gasteiger partial charge in [0.05, 0.1) is 39.1 Å². The van der Waals surface area contributed by atoms with Gasteiger partial charge in [0.2, 0.25) is 0 Å². The van der Waals surface area contributed by atoms with E-state index in [1.807, 2.05) is 0 Å². The number of amides is 1. The van der Waals surface area contributed by atoms with Crippen LogP contribution in [-0.2, 0) is 25.5 Å². The Kier molecular flexibility index (Phi) is 6.39. The Morgan fingerprint density at radius 1 is 1.32 bits per heavy atom. The number of carboxylic acid groups (broad SMARTS) is 1. The molecule has 0 saturated carbocycles. The highest BCUT2D eigenvalue weighted by Crippen LogP contribution is 2.22. The summed E-state index contributed by atoms with van der Waals surface area (Å²) in [7, 11) is -1.08. The van der Waals surface area contributed by atoms with Gasteiger partial charge in [-0.2, -0.15) is 0 Å². The monoisotopic (exact) mass is 391 g/mol. The second-order valence-corrected chi connectivity index (χ2v) is 7.53. The number of benzene rings is 1. The Labute approximate surface area is 164 Å². The van der Waals surface area contributed by atoms with Crippen LogP contribution in [0, 0.1) is 12.8 Å². The van der Waals surface area contributed by atoms with Crippen LogP contribution in [0.4, 0.5) is 0 Å². The summed E-state index contributed by atoms with van der Waals surface area (Å²) in [5.41, 5.74) is 2.37. The number of ether oxygens (including phenoxy) is 2. The molecule has 1 aromatic rings. The molecule has 3 rings (SSSR count). The topological polar surface area (TPSA) is 106 Å². The Hall–Kier alpha value is -1.94. The quantitative estimate of drug-likeness (QED) is 0.667. The summed E-state index contributed by atoms with van der Waals surface area (Å²) in [5, 5.41) is 19.9. The lowest BCUT2D eigenvalue weighted by molar-refractivity contribution is -0.146. The minimum atomic E-state index is -1.08. The van der Waals surface area contributed by atoms with Gasteiger partial charge in [0.1, 0.15) is 6.04 Å². The van der Waals surface area contributed by atoms with Gasteiger partial charge >= 0.3 is 13.1 Å². The van der Waals surface area contributed by atoms with Crippen LogP contribution in [-0.4, -0.2) is 72.5 Å². The van der Waals surface area contributed by atoms with Gasteiger partial charge in [-0.25, -0.2) is 4.79 Å². The third kappa shape index (κ3) is 4.07. The number of carbonyl (C=O) groups is 2. The van der Waals surface area contributed by atoms with E-state index in [1.54, 1.807) is 32.9 Å². The molecule has 0 spiro atoms. The van der Waals surface area contributed by atoms with Gasteiger partial charge in [-0.15, -0.1) is 0 Å². The maximum Gasteiger partial charge on any atom is 0.492 e. The number of hydrogen-bond acceptors (Lipinski definition) is 6. The highest BCUT2D eigenvalue weighted by Gasteiger charge is 2.37. The third-order valence-electron chi connectivity index (χ3n) is 5.25. The predicted octanol–water partition coefficient (Wildman–Crippen LogP) is 0.180. The maximum absolute atomic E-state index is 13.4. The summed E-state index contributed by atoms with van der Waals surface area (Å²) >= 11 is 0. The van der Waals surface area contributed by atoms with Crippen molar-refractivity contribution in [3.63, 3.8) is 0 Å². The fraction of sp³-hybridized carbons (Fsp3) is 0.579. The fourth-order valence-corrected chi connectivity index (χ4v) is 3.86. The van der Waals surface area contributed by atoms with Gasteiger partial charge in [-0.05, 0) is 35.5 Å². The lowest BCUT2D eigenvalue weighted by atomic mass is 9.75. The fourth-order valence-electron chi connectivity index (χ4n) is 3.86. The number of carbonyl (C=O) groups excluding carboxylic acids is 1. The Bertz CT molecular complexity index is 748. The molecule has 1 amide bonds. The molecule has 28 heavy (non-hydrogen) atoms. The minimum Gasteiger partial charge on any atom is -0.480 e. The molecule has 1 aromatic carbocycles. The summed E-state index contributed by atoms with van der Waals surface area (Å²) in [6.07, 6.45) is -0.387. The molecular weight excluding hydrogens is 365 g/mol. The van der Waals surface area contributed by atoms with Gasteiger partial charge < -0.3 is 29.2 Å². The zero-order chi connectivity index (χ0) is 20.4. The van der Waals surface area contributed by atoms with Crippen molar-refractivity contribution >= 4 is 24.5 Å². The highest BCUT2D eigenvalue weighted by atomic mass is 16.6. The van der Waals surface area contributed by atoms with Crippen LogP contribution < -0.4 is 5.46 Å². The largest absolute Gasteiger partial charge is 0.492 e. The molecule has 2 aliphatic rings. The highest BCUT2D eigenvalue weighted by molar-refractivity contribution is 6.62. The van der Waals surface area contributed by atoms with Crippen molar-refractivity contribution in [3.05, 3.63) is 28.8 Å². The number of rotatable bonds is 6. The second-order valence-electron chi connectivity index (χ2n) is 7.53. The van der Waals surface area contributed by atoms with Crippen LogP contribution in [0.2, 0.25) is 0 Å². The van der Waals surface area contributed by atoms with Crippen LogP contribution >= 0.6 is 0 Å². The van der Waals surface area contributed by atoms with E-state index in [2.05, 4.69) is 0 Å². The zero-order valence-corrected chi connectivity index (χ0v) is 16.4. The van der Waals surface area contributed by atoms with E-state index in [0.29, 0.717) is 36.4 Å². The summed E-state index contributed by atoms with van der Waals surface area (Å²) in [4.78, 5) is 26.7. The summed E-state index contributed by atoms with van der Waals surface area (Å²) < 4.78 is 16.3. The molecule has 0 aromatic heterocycles. The molecule has 2 N–H and O–H groups in total. The van der Waals surface area contributed by atoms with Crippen molar-refractivity contribution in [2.24, 2.45) is 5.92 Å².